The van der Waals surface area contributed by atoms with Crippen molar-refractivity contribution in [3.05, 3.63) is 35.1 Å². The third-order valence-corrected chi connectivity index (χ3v) is 3.84. The normalized spacial score (nSPS) is 21.3. The van der Waals surface area contributed by atoms with Crippen LogP contribution >= 0.6 is 0 Å². The van der Waals surface area contributed by atoms with Gasteiger partial charge in [0.1, 0.15) is 5.82 Å². The van der Waals surface area contributed by atoms with Crippen LogP contribution in [0.3, 0.4) is 0 Å². The number of benzene rings is 1. The summed E-state index contributed by atoms with van der Waals surface area (Å²) in [4.78, 5) is 0. The summed E-state index contributed by atoms with van der Waals surface area (Å²) in [5.41, 5.74) is 4.19. The van der Waals surface area contributed by atoms with Crippen LogP contribution in [0, 0.1) is 18.7 Å². The molecule has 2 rings (SSSR count). The molecule has 1 aromatic rings. The lowest BCUT2D eigenvalue weighted by Gasteiger charge is -2.33. The first-order chi connectivity index (χ1) is 8.91. The van der Waals surface area contributed by atoms with Gasteiger partial charge in [0.15, 0.2) is 0 Å². The second-order valence-electron chi connectivity index (χ2n) is 5.40. The van der Waals surface area contributed by atoms with Crippen LogP contribution in [0.15, 0.2) is 18.2 Å². The van der Waals surface area contributed by atoms with Gasteiger partial charge in [-0.3, -0.25) is 11.3 Å². The molecule has 5 heteroatoms. The Hall–Kier alpha value is -1.07. The lowest BCUT2D eigenvalue weighted by molar-refractivity contribution is -0.0498. The van der Waals surface area contributed by atoms with Gasteiger partial charge >= 0.3 is 0 Å². The van der Waals surface area contributed by atoms with Crippen LogP contribution in [-0.4, -0.2) is 5.92 Å². The van der Waals surface area contributed by atoms with E-state index in [1.807, 2.05) is 6.07 Å². The van der Waals surface area contributed by atoms with E-state index in [9.17, 15) is 13.2 Å². The van der Waals surface area contributed by atoms with Crippen molar-refractivity contribution in [2.75, 3.05) is 0 Å². The van der Waals surface area contributed by atoms with Gasteiger partial charge in [-0.1, -0.05) is 6.07 Å². The quantitative estimate of drug-likeness (QED) is 0.653. The Balaban J connectivity index is 2.16. The molecule has 1 fully saturated rings. The molecule has 0 aromatic heterocycles. The number of nitrogens with one attached hydrogen (secondary N) is 1. The number of halogens is 3. The number of hydrazine groups is 1. The monoisotopic (exact) mass is 272 g/mol. The zero-order chi connectivity index (χ0) is 14.0. The molecule has 1 aliphatic rings. The maximum absolute atomic E-state index is 13.4. The number of nitrogens with two attached hydrogens (primary N) is 1. The summed E-state index contributed by atoms with van der Waals surface area (Å²) in [6.07, 6.45) is 0.559. The van der Waals surface area contributed by atoms with Crippen LogP contribution in [0.4, 0.5) is 13.2 Å². The molecule has 1 atom stereocenters. The summed E-state index contributed by atoms with van der Waals surface area (Å²) >= 11 is 0. The number of aryl methyl sites for hydroxylation is 1. The lowest BCUT2D eigenvalue weighted by Crippen LogP contribution is -2.37. The molecule has 1 saturated carbocycles. The zero-order valence-corrected chi connectivity index (χ0v) is 10.9. The van der Waals surface area contributed by atoms with Crippen molar-refractivity contribution in [3.8, 4) is 0 Å². The third-order valence-electron chi connectivity index (χ3n) is 3.84. The SMILES string of the molecule is Cc1cc(F)cc(C(NN)C2CCC(F)(F)CC2)c1. The molecule has 0 spiro atoms. The molecule has 2 nitrogen and oxygen atoms in total. The highest BCUT2D eigenvalue weighted by Crippen LogP contribution is 2.41. The predicted molar refractivity (Wildman–Crippen MR) is 68.1 cm³/mol. The molecule has 0 aliphatic heterocycles. The van der Waals surface area contributed by atoms with Gasteiger partial charge < -0.3 is 0 Å². The number of hydrogen-bond donors (Lipinski definition) is 2. The summed E-state index contributed by atoms with van der Waals surface area (Å²) in [7, 11) is 0. The van der Waals surface area contributed by atoms with Crippen molar-refractivity contribution >= 4 is 0 Å². The molecule has 19 heavy (non-hydrogen) atoms. The highest BCUT2D eigenvalue weighted by atomic mass is 19.3. The molecular weight excluding hydrogens is 253 g/mol. The molecule has 0 radical (unpaired) electrons. The Morgan fingerprint density at radius 2 is 1.89 bits per heavy atom. The molecule has 0 amide bonds. The van der Waals surface area contributed by atoms with Crippen molar-refractivity contribution in [3.63, 3.8) is 0 Å². The van der Waals surface area contributed by atoms with Crippen LogP contribution in [0.2, 0.25) is 0 Å². The lowest BCUT2D eigenvalue weighted by atomic mass is 9.79. The highest BCUT2D eigenvalue weighted by Gasteiger charge is 2.37. The van der Waals surface area contributed by atoms with E-state index in [0.29, 0.717) is 12.8 Å². The Morgan fingerprint density at radius 3 is 2.42 bits per heavy atom. The molecular formula is C14H19F3N2. The van der Waals surface area contributed by atoms with Gasteiger partial charge in [0, 0.05) is 18.9 Å². The molecule has 0 saturated heterocycles. The summed E-state index contributed by atoms with van der Waals surface area (Å²) in [6, 6.07) is 4.43. The van der Waals surface area contributed by atoms with Crippen molar-refractivity contribution in [1.29, 1.82) is 0 Å². The van der Waals surface area contributed by atoms with Crippen LogP contribution in [0.25, 0.3) is 0 Å². The van der Waals surface area contributed by atoms with Gasteiger partial charge in [0.25, 0.3) is 0 Å². The summed E-state index contributed by atoms with van der Waals surface area (Å²) < 4.78 is 39.8. The molecule has 0 bridgehead atoms. The van der Waals surface area contributed by atoms with E-state index >= 15 is 0 Å². The van der Waals surface area contributed by atoms with E-state index in [4.69, 9.17) is 5.84 Å². The van der Waals surface area contributed by atoms with Crippen LogP contribution in [0.5, 0.6) is 0 Å². The second-order valence-corrected chi connectivity index (χ2v) is 5.40. The molecule has 1 aliphatic carbocycles. The zero-order valence-electron chi connectivity index (χ0n) is 10.9. The highest BCUT2D eigenvalue weighted by molar-refractivity contribution is 5.26. The molecule has 106 valence electrons. The topological polar surface area (TPSA) is 38.0 Å². The first-order valence-corrected chi connectivity index (χ1v) is 6.52. The van der Waals surface area contributed by atoms with Gasteiger partial charge in [-0.25, -0.2) is 13.2 Å². The Kier molecular flexibility index (Phi) is 4.16. The van der Waals surface area contributed by atoms with Gasteiger partial charge in [-0.2, -0.15) is 0 Å². The van der Waals surface area contributed by atoms with Crippen molar-refractivity contribution < 1.29 is 13.2 Å². The van der Waals surface area contributed by atoms with Crippen LogP contribution in [-0.2, 0) is 0 Å². The van der Waals surface area contributed by atoms with Crippen molar-refractivity contribution in [1.82, 2.24) is 5.43 Å². The van der Waals surface area contributed by atoms with E-state index in [1.54, 1.807) is 6.92 Å². The minimum atomic E-state index is -2.56. The summed E-state index contributed by atoms with van der Waals surface area (Å²) in [5.74, 6) is 2.68. The smallest absolute Gasteiger partial charge is 0.248 e. The molecule has 0 heterocycles. The van der Waals surface area contributed by atoms with Crippen LogP contribution in [0.1, 0.15) is 42.9 Å². The first kappa shape index (κ1) is 14.3. The first-order valence-electron chi connectivity index (χ1n) is 6.52. The largest absolute Gasteiger partial charge is 0.271 e. The standard InChI is InChI=1S/C14H19F3N2/c1-9-6-11(8-12(15)7-9)13(19-18)10-2-4-14(16,17)5-3-10/h6-8,10,13,19H,2-5,18H2,1H3. The average molecular weight is 272 g/mol. The Bertz CT molecular complexity index is 418. The van der Waals surface area contributed by atoms with E-state index in [1.165, 1.54) is 12.1 Å². The fraction of sp³-hybridized carbons (Fsp3) is 0.571. The van der Waals surface area contributed by atoms with E-state index in [2.05, 4.69) is 5.43 Å². The Labute approximate surface area is 111 Å². The minimum absolute atomic E-state index is 0.0193. The summed E-state index contributed by atoms with van der Waals surface area (Å²) in [5, 5.41) is 0. The fourth-order valence-corrected chi connectivity index (χ4v) is 2.84. The molecule has 1 unspecified atom stereocenters. The maximum Gasteiger partial charge on any atom is 0.248 e. The summed E-state index contributed by atoms with van der Waals surface area (Å²) in [6.45, 7) is 1.80. The van der Waals surface area contributed by atoms with Crippen molar-refractivity contribution in [2.24, 2.45) is 11.8 Å². The minimum Gasteiger partial charge on any atom is -0.271 e. The predicted octanol–water partition coefficient (Wildman–Crippen LogP) is 3.46. The maximum atomic E-state index is 13.4. The fourth-order valence-electron chi connectivity index (χ4n) is 2.84. The number of alkyl halides is 2. The number of rotatable bonds is 3. The third kappa shape index (κ3) is 3.48. The van der Waals surface area contributed by atoms with Gasteiger partial charge in [0.2, 0.25) is 5.92 Å². The van der Waals surface area contributed by atoms with Gasteiger partial charge in [0.05, 0.1) is 0 Å². The molecule has 3 N–H and O–H groups in total. The van der Waals surface area contributed by atoms with Crippen molar-refractivity contribution in [2.45, 2.75) is 44.6 Å². The van der Waals surface area contributed by atoms with Gasteiger partial charge in [-0.15, -0.1) is 0 Å². The van der Waals surface area contributed by atoms with E-state index in [-0.39, 0.29) is 30.6 Å². The number of hydrogen-bond acceptors (Lipinski definition) is 2. The second kappa shape index (κ2) is 5.51. The van der Waals surface area contributed by atoms with Gasteiger partial charge in [-0.05, 0) is 48.9 Å². The average Bonchev–Trinajstić information content (AvgIpc) is 2.31. The Morgan fingerprint density at radius 1 is 1.26 bits per heavy atom. The van der Waals surface area contributed by atoms with E-state index < -0.39 is 5.92 Å². The van der Waals surface area contributed by atoms with E-state index in [0.717, 1.165) is 11.1 Å². The molecule has 1 aromatic carbocycles. The van der Waals surface area contributed by atoms with Crippen LogP contribution < -0.4 is 11.3 Å².